The molecule has 0 aromatic heterocycles. The molecule has 1 aromatic rings. The van der Waals surface area contributed by atoms with Crippen LogP contribution in [0.5, 0.6) is 5.75 Å². The van der Waals surface area contributed by atoms with E-state index in [1.54, 1.807) is 12.1 Å². The highest BCUT2D eigenvalue weighted by Crippen LogP contribution is 2.31. The van der Waals surface area contributed by atoms with Crippen LogP contribution < -0.4 is 0 Å². The molecule has 2 aliphatic rings. The fraction of sp³-hybridized carbons (Fsp3) is 0.632. The number of aromatic hydroxyl groups is 1. The van der Waals surface area contributed by atoms with Crippen molar-refractivity contribution in [1.82, 2.24) is 4.90 Å². The fourth-order valence-electron chi connectivity index (χ4n) is 3.98. The van der Waals surface area contributed by atoms with Crippen LogP contribution in [0.4, 0.5) is 0 Å². The maximum absolute atomic E-state index is 12.4. The Morgan fingerprint density at radius 3 is 2.27 bits per heavy atom. The Morgan fingerprint density at radius 1 is 1.00 bits per heavy atom. The lowest BCUT2D eigenvalue weighted by Gasteiger charge is -2.33. The molecule has 0 unspecified atom stereocenters. The van der Waals surface area contributed by atoms with Crippen LogP contribution in [0.15, 0.2) is 24.3 Å². The third-order valence-corrected chi connectivity index (χ3v) is 5.40. The van der Waals surface area contributed by atoms with Gasteiger partial charge in [0.2, 0.25) is 5.91 Å². The normalized spacial score (nSPS) is 21.0. The zero-order valence-electron chi connectivity index (χ0n) is 13.3. The second kappa shape index (κ2) is 7.17. The van der Waals surface area contributed by atoms with Crippen LogP contribution in [0, 0.1) is 5.92 Å². The molecule has 1 saturated heterocycles. The minimum absolute atomic E-state index is 0.323. The SMILES string of the molecule is O=C(CC1CCCCC1)N1CCC(c2ccc(O)cc2)CC1. The molecule has 0 radical (unpaired) electrons. The topological polar surface area (TPSA) is 40.5 Å². The molecule has 0 atom stereocenters. The number of hydrogen-bond acceptors (Lipinski definition) is 2. The van der Waals surface area contributed by atoms with E-state index >= 15 is 0 Å². The lowest BCUT2D eigenvalue weighted by molar-refractivity contribution is -0.133. The number of nitrogens with zero attached hydrogens (tertiary/aromatic N) is 1. The fourth-order valence-corrected chi connectivity index (χ4v) is 3.98. The van der Waals surface area contributed by atoms with Gasteiger partial charge in [0.15, 0.2) is 0 Å². The Balaban J connectivity index is 1.48. The van der Waals surface area contributed by atoms with Gasteiger partial charge in [0.05, 0.1) is 0 Å². The molecule has 22 heavy (non-hydrogen) atoms. The first-order valence-corrected chi connectivity index (χ1v) is 8.79. The Bertz CT molecular complexity index is 483. The molecule has 1 aliphatic heterocycles. The number of piperidine rings is 1. The second-order valence-corrected chi connectivity index (χ2v) is 6.95. The van der Waals surface area contributed by atoms with E-state index in [0.717, 1.165) is 32.4 Å². The number of hydrogen-bond donors (Lipinski definition) is 1. The summed E-state index contributed by atoms with van der Waals surface area (Å²) in [5.41, 5.74) is 1.29. The molecule has 120 valence electrons. The van der Waals surface area contributed by atoms with Crippen molar-refractivity contribution < 1.29 is 9.90 Å². The maximum Gasteiger partial charge on any atom is 0.222 e. The van der Waals surface area contributed by atoms with Crippen molar-refractivity contribution in [2.24, 2.45) is 5.92 Å². The smallest absolute Gasteiger partial charge is 0.222 e. The van der Waals surface area contributed by atoms with Crippen LogP contribution in [0.25, 0.3) is 0 Å². The molecular formula is C19H27NO2. The Hall–Kier alpha value is -1.51. The highest BCUT2D eigenvalue weighted by molar-refractivity contribution is 5.76. The van der Waals surface area contributed by atoms with Crippen LogP contribution >= 0.6 is 0 Å². The predicted octanol–water partition coefficient (Wildman–Crippen LogP) is 4.07. The Labute approximate surface area is 133 Å². The van der Waals surface area contributed by atoms with Crippen molar-refractivity contribution in [2.45, 2.75) is 57.3 Å². The number of carbonyl (C=O) groups is 1. The minimum Gasteiger partial charge on any atom is -0.508 e. The van der Waals surface area contributed by atoms with Crippen LogP contribution in [0.1, 0.15) is 62.8 Å². The molecule has 3 heteroatoms. The van der Waals surface area contributed by atoms with Gasteiger partial charge in [-0.25, -0.2) is 0 Å². The van der Waals surface area contributed by atoms with E-state index in [4.69, 9.17) is 0 Å². The second-order valence-electron chi connectivity index (χ2n) is 6.95. The number of carbonyl (C=O) groups excluding carboxylic acids is 1. The van der Waals surface area contributed by atoms with Gasteiger partial charge in [0.1, 0.15) is 5.75 Å². The Kier molecular flexibility index (Phi) is 5.01. The van der Waals surface area contributed by atoms with Crippen molar-refractivity contribution in [2.75, 3.05) is 13.1 Å². The van der Waals surface area contributed by atoms with Gasteiger partial charge in [0.25, 0.3) is 0 Å². The van der Waals surface area contributed by atoms with E-state index in [2.05, 4.69) is 4.90 Å². The summed E-state index contributed by atoms with van der Waals surface area (Å²) < 4.78 is 0. The summed E-state index contributed by atoms with van der Waals surface area (Å²) in [6, 6.07) is 7.55. The number of benzene rings is 1. The molecule has 3 rings (SSSR count). The third-order valence-electron chi connectivity index (χ3n) is 5.40. The van der Waals surface area contributed by atoms with Crippen molar-refractivity contribution in [3.8, 4) is 5.75 Å². The number of phenols is 1. The lowest BCUT2D eigenvalue weighted by atomic mass is 9.86. The van der Waals surface area contributed by atoms with Gasteiger partial charge in [-0.05, 0) is 55.2 Å². The number of phenolic OH excluding ortho intramolecular Hbond substituents is 1. The van der Waals surface area contributed by atoms with Crippen molar-refractivity contribution in [3.63, 3.8) is 0 Å². The first-order chi connectivity index (χ1) is 10.7. The van der Waals surface area contributed by atoms with Crippen LogP contribution in [-0.4, -0.2) is 29.0 Å². The van der Waals surface area contributed by atoms with E-state index in [0.29, 0.717) is 23.5 Å². The van der Waals surface area contributed by atoms with Gasteiger partial charge in [-0.15, -0.1) is 0 Å². The molecule has 1 amide bonds. The summed E-state index contributed by atoms with van der Waals surface area (Å²) in [5.74, 6) is 1.86. The van der Waals surface area contributed by atoms with Crippen LogP contribution in [0.3, 0.4) is 0 Å². The van der Waals surface area contributed by atoms with Crippen molar-refractivity contribution in [3.05, 3.63) is 29.8 Å². The number of rotatable bonds is 3. The van der Waals surface area contributed by atoms with E-state index in [-0.39, 0.29) is 0 Å². The van der Waals surface area contributed by atoms with Crippen LogP contribution in [-0.2, 0) is 4.79 Å². The molecule has 1 heterocycles. The summed E-state index contributed by atoms with van der Waals surface area (Å²) >= 11 is 0. The molecule has 0 bridgehead atoms. The average Bonchev–Trinajstić information content (AvgIpc) is 2.57. The molecule has 0 spiro atoms. The summed E-state index contributed by atoms with van der Waals surface area (Å²) in [4.78, 5) is 14.5. The monoisotopic (exact) mass is 301 g/mol. The maximum atomic E-state index is 12.4. The van der Waals surface area contributed by atoms with Crippen molar-refractivity contribution in [1.29, 1.82) is 0 Å². The van der Waals surface area contributed by atoms with Crippen LogP contribution in [0.2, 0.25) is 0 Å². The minimum atomic E-state index is 0.323. The van der Waals surface area contributed by atoms with E-state index in [1.165, 1.54) is 37.7 Å². The van der Waals surface area contributed by atoms with E-state index in [9.17, 15) is 9.90 Å². The van der Waals surface area contributed by atoms with Gasteiger partial charge in [-0.1, -0.05) is 31.4 Å². The van der Waals surface area contributed by atoms with Gasteiger partial charge in [-0.2, -0.15) is 0 Å². The summed E-state index contributed by atoms with van der Waals surface area (Å²) in [6.07, 6.45) is 9.31. The summed E-state index contributed by atoms with van der Waals surface area (Å²) in [7, 11) is 0. The standard InChI is InChI=1S/C19H27NO2/c21-18-8-6-16(7-9-18)17-10-12-20(13-11-17)19(22)14-15-4-2-1-3-5-15/h6-9,15,17,21H,1-5,10-14H2. The highest BCUT2D eigenvalue weighted by Gasteiger charge is 2.26. The quantitative estimate of drug-likeness (QED) is 0.914. The molecule has 1 saturated carbocycles. The van der Waals surface area contributed by atoms with Gasteiger partial charge < -0.3 is 10.0 Å². The number of likely N-dealkylation sites (tertiary alicyclic amines) is 1. The molecule has 1 N–H and O–H groups in total. The Morgan fingerprint density at radius 2 is 1.64 bits per heavy atom. The molecule has 2 fully saturated rings. The number of amides is 1. The lowest BCUT2D eigenvalue weighted by Crippen LogP contribution is -2.38. The van der Waals surface area contributed by atoms with E-state index < -0.39 is 0 Å². The molecule has 1 aromatic carbocycles. The first-order valence-electron chi connectivity index (χ1n) is 8.79. The zero-order chi connectivity index (χ0) is 15.4. The van der Waals surface area contributed by atoms with E-state index in [1.807, 2.05) is 12.1 Å². The van der Waals surface area contributed by atoms with Crippen molar-refractivity contribution >= 4 is 5.91 Å². The predicted molar refractivity (Wildman–Crippen MR) is 87.9 cm³/mol. The molecule has 3 nitrogen and oxygen atoms in total. The molecular weight excluding hydrogens is 274 g/mol. The first kappa shape index (κ1) is 15.4. The highest BCUT2D eigenvalue weighted by atomic mass is 16.3. The zero-order valence-corrected chi connectivity index (χ0v) is 13.3. The largest absolute Gasteiger partial charge is 0.508 e. The summed E-state index contributed by atoms with van der Waals surface area (Å²) in [5, 5.41) is 9.37. The molecule has 1 aliphatic carbocycles. The van der Waals surface area contributed by atoms with Gasteiger partial charge in [0, 0.05) is 19.5 Å². The van der Waals surface area contributed by atoms with Gasteiger partial charge in [-0.3, -0.25) is 4.79 Å². The summed E-state index contributed by atoms with van der Waals surface area (Å²) in [6.45, 7) is 1.77. The third kappa shape index (κ3) is 3.82. The van der Waals surface area contributed by atoms with Gasteiger partial charge >= 0.3 is 0 Å². The average molecular weight is 301 g/mol.